The number of hydrogen-bond donors (Lipinski definition) is 1. The molecule has 0 saturated heterocycles. The lowest BCUT2D eigenvalue weighted by atomic mass is 9.94. The monoisotopic (exact) mass is 476 g/mol. The number of carbonyl (C=O) groups is 1. The Labute approximate surface area is 199 Å². The molecule has 0 fully saturated rings. The van der Waals surface area contributed by atoms with Crippen LogP contribution < -0.4 is 10.1 Å². The van der Waals surface area contributed by atoms with Crippen LogP contribution in [0.5, 0.6) is 5.75 Å². The number of thiophene rings is 1. The van der Waals surface area contributed by atoms with Crippen molar-refractivity contribution in [3.05, 3.63) is 94.6 Å². The van der Waals surface area contributed by atoms with E-state index in [1.165, 1.54) is 23.5 Å². The molecule has 4 aromatic rings. The number of hydrogen-bond acceptors (Lipinski definition) is 6. The van der Waals surface area contributed by atoms with Gasteiger partial charge < -0.3 is 14.6 Å². The van der Waals surface area contributed by atoms with Gasteiger partial charge in [-0.2, -0.15) is 4.98 Å². The van der Waals surface area contributed by atoms with Gasteiger partial charge in [-0.3, -0.25) is 4.90 Å². The Kier molecular flexibility index (Phi) is 5.85. The fraction of sp³-hybridized carbons (Fsp3) is 0.160. The average Bonchev–Trinajstić information content (AvgIpc) is 3.55. The lowest BCUT2D eigenvalue weighted by molar-refractivity contribution is 0.203. The fourth-order valence-electron chi connectivity index (χ4n) is 3.93. The molecule has 1 atom stereocenters. The van der Waals surface area contributed by atoms with Gasteiger partial charge >= 0.3 is 6.03 Å². The Morgan fingerprint density at radius 3 is 2.74 bits per heavy atom. The molecular weight excluding hydrogens is 455 g/mol. The van der Waals surface area contributed by atoms with E-state index in [9.17, 15) is 9.18 Å². The third-order valence-corrected chi connectivity index (χ3v) is 6.54. The quantitative estimate of drug-likeness (QED) is 0.389. The molecule has 5 rings (SSSR count). The van der Waals surface area contributed by atoms with E-state index in [1.54, 1.807) is 24.1 Å². The van der Waals surface area contributed by atoms with Gasteiger partial charge in [-0.05, 0) is 53.8 Å². The molecule has 1 aliphatic rings. The van der Waals surface area contributed by atoms with Gasteiger partial charge in [-0.25, -0.2) is 9.18 Å². The highest BCUT2D eigenvalue weighted by molar-refractivity contribution is 7.13. The molecule has 2 amide bonds. The Morgan fingerprint density at radius 2 is 2.00 bits per heavy atom. The number of benzene rings is 2. The molecule has 9 heteroatoms. The smallest absolute Gasteiger partial charge is 0.322 e. The second kappa shape index (κ2) is 9.11. The Bertz CT molecular complexity index is 1350. The van der Waals surface area contributed by atoms with Gasteiger partial charge in [-0.15, -0.1) is 11.3 Å². The first-order chi connectivity index (χ1) is 16.5. The number of rotatable bonds is 6. The summed E-state index contributed by atoms with van der Waals surface area (Å²) in [6.07, 6.45) is 0. The van der Waals surface area contributed by atoms with Gasteiger partial charge in [-0.1, -0.05) is 35.5 Å². The molecule has 1 N–H and O–H groups in total. The van der Waals surface area contributed by atoms with Crippen LogP contribution in [0, 0.1) is 5.82 Å². The summed E-state index contributed by atoms with van der Waals surface area (Å²) >= 11 is 1.51. The summed E-state index contributed by atoms with van der Waals surface area (Å²) in [6.45, 7) is 2.11. The Balaban J connectivity index is 1.60. The van der Waals surface area contributed by atoms with Gasteiger partial charge in [0.25, 0.3) is 5.89 Å². The molecule has 2 aromatic heterocycles. The van der Waals surface area contributed by atoms with Crippen LogP contribution in [0.15, 0.2) is 76.3 Å². The van der Waals surface area contributed by atoms with E-state index in [0.29, 0.717) is 28.7 Å². The van der Waals surface area contributed by atoms with Crippen LogP contribution >= 0.6 is 11.3 Å². The van der Waals surface area contributed by atoms with Crippen LogP contribution in [0.3, 0.4) is 0 Å². The van der Waals surface area contributed by atoms with Crippen molar-refractivity contribution in [3.63, 3.8) is 0 Å². The van der Waals surface area contributed by atoms with Crippen LogP contribution in [-0.4, -0.2) is 28.2 Å². The number of methoxy groups -OCH3 is 1. The van der Waals surface area contributed by atoms with Crippen molar-refractivity contribution >= 4 is 22.9 Å². The van der Waals surface area contributed by atoms with Crippen LogP contribution in [0.1, 0.15) is 30.0 Å². The third kappa shape index (κ3) is 4.17. The highest BCUT2D eigenvalue weighted by Crippen LogP contribution is 2.39. The SMILES string of the molecule is COc1cccc(C2NC(=O)N(Cc3ccc(F)cc3)C(C)=C2c2nc(-c3cccs3)no2)c1. The topological polar surface area (TPSA) is 80.5 Å². The van der Waals surface area contributed by atoms with Crippen LogP contribution in [0.4, 0.5) is 9.18 Å². The van der Waals surface area contributed by atoms with Crippen molar-refractivity contribution in [1.29, 1.82) is 0 Å². The molecule has 0 spiro atoms. The first-order valence-electron chi connectivity index (χ1n) is 10.6. The lowest BCUT2D eigenvalue weighted by Gasteiger charge is -2.35. The molecule has 1 aliphatic heterocycles. The third-order valence-electron chi connectivity index (χ3n) is 5.68. The number of carbonyl (C=O) groups excluding carboxylic acids is 1. The first-order valence-corrected chi connectivity index (χ1v) is 11.5. The standard InChI is InChI=1S/C25H21FN4O3S/c1-15-21(24-28-23(29-33-24)20-7-4-12-34-20)22(17-5-3-6-19(13-17)32-2)27-25(31)30(15)14-16-8-10-18(26)11-9-16/h3-13,22H,14H2,1-2H3,(H,27,31). The number of halogens is 1. The zero-order valence-electron chi connectivity index (χ0n) is 18.5. The van der Waals surface area contributed by atoms with Crippen LogP contribution in [0.25, 0.3) is 16.3 Å². The highest BCUT2D eigenvalue weighted by Gasteiger charge is 2.36. The molecule has 0 radical (unpaired) electrons. The van der Waals surface area contributed by atoms with Gasteiger partial charge in [0.1, 0.15) is 11.6 Å². The Morgan fingerprint density at radius 1 is 1.18 bits per heavy atom. The maximum atomic E-state index is 13.4. The van der Waals surface area contributed by atoms with Crippen LogP contribution in [-0.2, 0) is 6.54 Å². The number of amides is 2. The van der Waals surface area contributed by atoms with Crippen molar-refractivity contribution in [2.45, 2.75) is 19.5 Å². The van der Waals surface area contributed by atoms with Crippen molar-refractivity contribution in [2.75, 3.05) is 7.11 Å². The van der Waals surface area contributed by atoms with Crippen molar-refractivity contribution in [3.8, 4) is 16.5 Å². The number of urea groups is 1. The van der Waals surface area contributed by atoms with Gasteiger partial charge in [0.2, 0.25) is 5.82 Å². The van der Waals surface area contributed by atoms with E-state index in [1.807, 2.05) is 48.7 Å². The molecule has 3 heterocycles. The predicted octanol–water partition coefficient (Wildman–Crippen LogP) is 5.64. The molecule has 172 valence electrons. The molecular formula is C25H21FN4O3S. The highest BCUT2D eigenvalue weighted by atomic mass is 32.1. The largest absolute Gasteiger partial charge is 0.497 e. The van der Waals surface area contributed by atoms with E-state index in [0.717, 1.165) is 16.0 Å². The normalized spacial score (nSPS) is 16.0. The summed E-state index contributed by atoms with van der Waals surface area (Å²) in [7, 11) is 1.59. The van der Waals surface area contributed by atoms with Gasteiger partial charge in [0.15, 0.2) is 0 Å². The Hall–Kier alpha value is -3.98. The number of aromatic nitrogens is 2. The van der Waals surface area contributed by atoms with E-state index >= 15 is 0 Å². The van der Waals surface area contributed by atoms with E-state index in [2.05, 4.69) is 15.5 Å². The number of nitrogens with zero attached hydrogens (tertiary/aromatic N) is 3. The average molecular weight is 477 g/mol. The zero-order chi connectivity index (χ0) is 23.7. The summed E-state index contributed by atoms with van der Waals surface area (Å²) < 4.78 is 24.5. The molecule has 0 aliphatic carbocycles. The number of allylic oxidation sites excluding steroid dienone is 1. The summed E-state index contributed by atoms with van der Waals surface area (Å²) in [5.41, 5.74) is 2.96. The molecule has 34 heavy (non-hydrogen) atoms. The van der Waals surface area contributed by atoms with Gasteiger partial charge in [0, 0.05) is 5.70 Å². The molecule has 7 nitrogen and oxygen atoms in total. The van der Waals surface area contributed by atoms with Crippen LogP contribution in [0.2, 0.25) is 0 Å². The second-order valence-corrected chi connectivity index (χ2v) is 8.72. The minimum atomic E-state index is -0.524. The summed E-state index contributed by atoms with van der Waals surface area (Å²) in [6, 6.07) is 16.6. The van der Waals surface area contributed by atoms with Gasteiger partial charge in [0.05, 0.1) is 30.1 Å². The van der Waals surface area contributed by atoms with Crippen molar-refractivity contribution < 1.29 is 18.4 Å². The predicted molar refractivity (Wildman–Crippen MR) is 126 cm³/mol. The minimum absolute atomic E-state index is 0.262. The van der Waals surface area contributed by atoms with Crippen molar-refractivity contribution in [1.82, 2.24) is 20.4 Å². The molecule has 0 bridgehead atoms. The molecule has 1 unspecified atom stereocenters. The fourth-order valence-corrected chi connectivity index (χ4v) is 4.58. The summed E-state index contributed by atoms with van der Waals surface area (Å²) in [4.78, 5) is 20.3. The minimum Gasteiger partial charge on any atom is -0.497 e. The first kappa shape index (κ1) is 21.8. The van der Waals surface area contributed by atoms with Crippen molar-refractivity contribution in [2.24, 2.45) is 0 Å². The van der Waals surface area contributed by atoms with E-state index < -0.39 is 6.04 Å². The van der Waals surface area contributed by atoms with E-state index in [4.69, 9.17) is 9.26 Å². The van der Waals surface area contributed by atoms with E-state index in [-0.39, 0.29) is 18.4 Å². The number of ether oxygens (including phenoxy) is 1. The molecule has 2 aromatic carbocycles. The second-order valence-electron chi connectivity index (χ2n) is 7.77. The maximum absolute atomic E-state index is 13.4. The summed E-state index contributed by atoms with van der Waals surface area (Å²) in [5, 5.41) is 9.17. The molecule has 0 saturated carbocycles. The maximum Gasteiger partial charge on any atom is 0.322 e. The lowest BCUT2D eigenvalue weighted by Crippen LogP contribution is -2.45. The number of nitrogens with one attached hydrogen (secondary N) is 1. The summed E-state index contributed by atoms with van der Waals surface area (Å²) in [5.74, 6) is 1.14. The zero-order valence-corrected chi connectivity index (χ0v) is 19.3.